The molecule has 1 heterocycles. The van der Waals surface area contributed by atoms with Crippen LogP contribution >= 0.6 is 0 Å². The van der Waals surface area contributed by atoms with Gasteiger partial charge in [0.05, 0.1) is 6.61 Å². The van der Waals surface area contributed by atoms with Crippen LogP contribution in [0.25, 0.3) is 5.57 Å². The molecule has 1 aromatic rings. The molecule has 1 aliphatic carbocycles. The minimum absolute atomic E-state index is 0.213. The fourth-order valence-corrected chi connectivity index (χ4v) is 3.76. The van der Waals surface area contributed by atoms with Crippen molar-refractivity contribution in [1.29, 1.82) is 5.26 Å². The highest BCUT2D eigenvalue weighted by atomic mass is 16.5. The van der Waals surface area contributed by atoms with E-state index < -0.39 is 17.7 Å². The number of piperazine rings is 1. The lowest BCUT2D eigenvalue weighted by molar-refractivity contribution is -0.134. The smallest absolute Gasteiger partial charge is 0.405 e. The van der Waals surface area contributed by atoms with E-state index in [0.717, 1.165) is 11.1 Å². The van der Waals surface area contributed by atoms with E-state index in [9.17, 15) is 14.9 Å². The Bertz CT molecular complexity index is 885. The summed E-state index contributed by atoms with van der Waals surface area (Å²) in [7, 11) is 0. The third-order valence-corrected chi connectivity index (χ3v) is 5.62. The van der Waals surface area contributed by atoms with Crippen LogP contribution in [0.15, 0.2) is 48.6 Å². The summed E-state index contributed by atoms with van der Waals surface area (Å²) in [5.41, 5.74) is 1.25. The quantitative estimate of drug-likeness (QED) is 0.694. The first-order valence-electron chi connectivity index (χ1n) is 10.4. The Hall–Kier alpha value is -3.15. The van der Waals surface area contributed by atoms with Crippen LogP contribution in [0.1, 0.15) is 18.9 Å². The van der Waals surface area contributed by atoms with E-state index in [1.807, 2.05) is 48.6 Å². The number of carbonyl (C=O) groups excluding carboxylic acids is 1. The van der Waals surface area contributed by atoms with Gasteiger partial charge in [-0.3, -0.25) is 9.69 Å². The summed E-state index contributed by atoms with van der Waals surface area (Å²) in [5.74, 6) is -0.213. The predicted octanol–water partition coefficient (Wildman–Crippen LogP) is 2.11. The molecule has 8 nitrogen and oxygen atoms in total. The minimum Gasteiger partial charge on any atom is -0.465 e. The fraction of sp³-hybridized carbons (Fsp3) is 0.435. The molecule has 31 heavy (non-hydrogen) atoms. The van der Waals surface area contributed by atoms with Gasteiger partial charge in [0.2, 0.25) is 5.91 Å². The highest BCUT2D eigenvalue weighted by Crippen LogP contribution is 2.29. The number of nitriles is 1. The Kier molecular flexibility index (Phi) is 7.45. The molecule has 1 aliphatic heterocycles. The number of amides is 2. The molecule has 0 saturated carbocycles. The molecule has 0 spiro atoms. The number of nitrogens with zero attached hydrogens (tertiary/aromatic N) is 3. The molecule has 0 bridgehead atoms. The number of allylic oxidation sites excluding steroid dienone is 2. The summed E-state index contributed by atoms with van der Waals surface area (Å²) in [6.45, 7) is 5.07. The average Bonchev–Trinajstić information content (AvgIpc) is 2.79. The zero-order chi connectivity index (χ0) is 22.3. The van der Waals surface area contributed by atoms with Gasteiger partial charge < -0.3 is 20.1 Å². The van der Waals surface area contributed by atoms with Crippen LogP contribution in [0.3, 0.4) is 0 Å². The van der Waals surface area contributed by atoms with Crippen molar-refractivity contribution in [3.63, 3.8) is 0 Å². The molecule has 2 aliphatic rings. The molecule has 164 valence electrons. The molecule has 0 radical (unpaired) electrons. The SMILES string of the molecule is C[C@@H](NC(=O)O)C(=O)N1CCN(CCOC2(C#N)C=CC(c3ccccc3)=CC2)CC1. The number of carbonyl (C=O) groups is 2. The van der Waals surface area contributed by atoms with Crippen molar-refractivity contribution in [2.24, 2.45) is 0 Å². The van der Waals surface area contributed by atoms with E-state index in [1.165, 1.54) is 0 Å². The predicted molar refractivity (Wildman–Crippen MR) is 116 cm³/mol. The fourth-order valence-electron chi connectivity index (χ4n) is 3.76. The highest BCUT2D eigenvalue weighted by molar-refractivity contribution is 5.85. The van der Waals surface area contributed by atoms with Gasteiger partial charge in [-0.15, -0.1) is 0 Å². The van der Waals surface area contributed by atoms with E-state index in [2.05, 4.69) is 16.3 Å². The van der Waals surface area contributed by atoms with Gasteiger partial charge in [-0.05, 0) is 24.1 Å². The number of benzene rings is 1. The summed E-state index contributed by atoms with van der Waals surface area (Å²) in [4.78, 5) is 26.8. The molecule has 2 atom stereocenters. The Labute approximate surface area is 182 Å². The molecule has 1 unspecified atom stereocenters. The minimum atomic E-state index is -1.20. The first kappa shape index (κ1) is 22.5. The molecule has 3 rings (SSSR count). The average molecular weight is 425 g/mol. The number of carboxylic acid groups (broad SMARTS) is 1. The van der Waals surface area contributed by atoms with Crippen LogP contribution < -0.4 is 5.32 Å². The highest BCUT2D eigenvalue weighted by Gasteiger charge is 2.30. The van der Waals surface area contributed by atoms with Gasteiger partial charge >= 0.3 is 6.09 Å². The number of nitrogens with one attached hydrogen (secondary N) is 1. The molecular formula is C23H28N4O4. The number of hydrogen-bond acceptors (Lipinski definition) is 5. The van der Waals surface area contributed by atoms with Crippen LogP contribution in [-0.2, 0) is 9.53 Å². The maximum absolute atomic E-state index is 12.3. The summed E-state index contributed by atoms with van der Waals surface area (Å²) in [6.07, 6.45) is 5.11. The number of rotatable bonds is 7. The number of hydrogen-bond donors (Lipinski definition) is 2. The molecule has 8 heteroatoms. The maximum atomic E-state index is 12.3. The lowest BCUT2D eigenvalue weighted by Crippen LogP contribution is -2.54. The second kappa shape index (κ2) is 10.2. The molecular weight excluding hydrogens is 396 g/mol. The van der Waals surface area contributed by atoms with Gasteiger partial charge in [0.1, 0.15) is 12.1 Å². The van der Waals surface area contributed by atoms with Crippen molar-refractivity contribution >= 4 is 17.6 Å². The van der Waals surface area contributed by atoms with Crippen molar-refractivity contribution in [1.82, 2.24) is 15.1 Å². The van der Waals surface area contributed by atoms with Crippen molar-refractivity contribution in [3.05, 3.63) is 54.1 Å². The van der Waals surface area contributed by atoms with Gasteiger partial charge in [-0.2, -0.15) is 5.26 Å². The van der Waals surface area contributed by atoms with E-state index in [4.69, 9.17) is 9.84 Å². The number of ether oxygens (including phenoxy) is 1. The molecule has 2 N–H and O–H groups in total. The van der Waals surface area contributed by atoms with Crippen LogP contribution in [0.2, 0.25) is 0 Å². The van der Waals surface area contributed by atoms with Crippen LogP contribution in [0.5, 0.6) is 0 Å². The van der Waals surface area contributed by atoms with Gasteiger partial charge in [-0.1, -0.05) is 42.5 Å². The van der Waals surface area contributed by atoms with Crippen LogP contribution in [0.4, 0.5) is 4.79 Å². The summed E-state index contributed by atoms with van der Waals surface area (Å²) >= 11 is 0. The summed E-state index contributed by atoms with van der Waals surface area (Å²) in [6, 6.07) is 11.6. The third-order valence-electron chi connectivity index (χ3n) is 5.62. The molecule has 1 saturated heterocycles. The maximum Gasteiger partial charge on any atom is 0.405 e. The van der Waals surface area contributed by atoms with Gasteiger partial charge in [-0.25, -0.2) is 4.79 Å². The lowest BCUT2D eigenvalue weighted by Gasteiger charge is -2.36. The normalized spacial score (nSPS) is 22.3. The second-order valence-electron chi connectivity index (χ2n) is 7.75. The molecule has 1 fully saturated rings. The van der Waals surface area contributed by atoms with E-state index in [0.29, 0.717) is 45.8 Å². The Morgan fingerprint density at radius 2 is 1.97 bits per heavy atom. The van der Waals surface area contributed by atoms with Crippen molar-refractivity contribution in [2.45, 2.75) is 25.0 Å². The lowest BCUT2D eigenvalue weighted by atomic mass is 9.90. The van der Waals surface area contributed by atoms with Crippen molar-refractivity contribution < 1.29 is 19.4 Å². The van der Waals surface area contributed by atoms with Crippen LogP contribution in [0, 0.1) is 11.3 Å². The van der Waals surface area contributed by atoms with Gasteiger partial charge in [0, 0.05) is 39.1 Å². The topological polar surface area (TPSA) is 106 Å². The summed E-state index contributed by atoms with van der Waals surface area (Å²) in [5, 5.41) is 20.6. The van der Waals surface area contributed by atoms with Crippen molar-refractivity contribution in [3.8, 4) is 6.07 Å². The molecule has 1 aromatic carbocycles. The van der Waals surface area contributed by atoms with E-state index in [1.54, 1.807) is 11.8 Å². The third kappa shape index (κ3) is 5.94. The Morgan fingerprint density at radius 3 is 2.55 bits per heavy atom. The standard InChI is InChI=1S/C23H28N4O4/c1-18(25-22(29)30)21(28)27-13-11-26(12-14-27)15-16-31-23(17-24)9-7-20(8-10-23)19-5-3-2-4-6-19/h2-9,18,25H,10-16H2,1H3,(H,29,30)/t18-,23?/m1/s1. The summed E-state index contributed by atoms with van der Waals surface area (Å²) < 4.78 is 5.97. The monoisotopic (exact) mass is 424 g/mol. The van der Waals surface area contributed by atoms with E-state index in [-0.39, 0.29) is 5.91 Å². The zero-order valence-corrected chi connectivity index (χ0v) is 17.7. The molecule has 2 amide bonds. The first-order valence-corrected chi connectivity index (χ1v) is 10.4. The van der Waals surface area contributed by atoms with E-state index >= 15 is 0 Å². The largest absolute Gasteiger partial charge is 0.465 e. The second-order valence-corrected chi connectivity index (χ2v) is 7.75. The zero-order valence-electron chi connectivity index (χ0n) is 17.7. The Morgan fingerprint density at radius 1 is 1.26 bits per heavy atom. The molecule has 0 aromatic heterocycles. The van der Waals surface area contributed by atoms with Crippen LogP contribution in [-0.4, -0.2) is 77.9 Å². The Balaban J connectivity index is 1.43. The first-order chi connectivity index (χ1) is 14.9. The van der Waals surface area contributed by atoms with Gasteiger partial charge in [0.15, 0.2) is 5.60 Å². The van der Waals surface area contributed by atoms with Gasteiger partial charge in [0.25, 0.3) is 0 Å². The van der Waals surface area contributed by atoms with Crippen molar-refractivity contribution in [2.75, 3.05) is 39.3 Å².